The van der Waals surface area contributed by atoms with Crippen molar-refractivity contribution in [2.24, 2.45) is 0 Å². The van der Waals surface area contributed by atoms with Crippen LogP contribution in [0.1, 0.15) is 5.56 Å². The first-order valence-electron chi connectivity index (χ1n) is 8.91. The van der Waals surface area contributed by atoms with Crippen LogP contribution in [0, 0.1) is 0 Å². The summed E-state index contributed by atoms with van der Waals surface area (Å²) in [4.78, 5) is 4.25. The topological polar surface area (TPSA) is 94.1 Å². The van der Waals surface area contributed by atoms with E-state index in [4.69, 9.17) is 5.73 Å². The third-order valence-corrected chi connectivity index (χ3v) is 6.22. The molecule has 4 aromatic rings. The van der Waals surface area contributed by atoms with Gasteiger partial charge in [0.2, 0.25) is 0 Å². The third-order valence-electron chi connectivity index (χ3n) is 4.43. The average Bonchev–Trinajstić information content (AvgIpc) is 3.28. The highest BCUT2D eigenvalue weighted by atomic mass is 32.2. The number of aromatic nitrogens is 3. The largest absolute Gasteiger partial charge is 0.399 e. The smallest absolute Gasteiger partial charge is 0.264 e. The van der Waals surface area contributed by atoms with Gasteiger partial charge in [0.25, 0.3) is 10.0 Å². The molecule has 0 aliphatic heterocycles. The van der Waals surface area contributed by atoms with Crippen LogP contribution in [-0.2, 0) is 16.6 Å². The van der Waals surface area contributed by atoms with Crippen LogP contribution in [-0.4, -0.2) is 23.2 Å². The first-order chi connectivity index (χ1) is 14.0. The van der Waals surface area contributed by atoms with Crippen molar-refractivity contribution in [1.82, 2.24) is 14.8 Å². The van der Waals surface area contributed by atoms with Crippen LogP contribution in [0.15, 0.2) is 96.4 Å². The van der Waals surface area contributed by atoms with E-state index in [1.807, 2.05) is 36.5 Å². The zero-order valence-electron chi connectivity index (χ0n) is 15.5. The minimum atomic E-state index is -3.80. The van der Waals surface area contributed by atoms with Crippen LogP contribution in [0.4, 0.5) is 11.4 Å². The molecule has 0 bridgehead atoms. The summed E-state index contributed by atoms with van der Waals surface area (Å²) in [7, 11) is -3.80. The molecule has 8 heteroatoms. The zero-order valence-corrected chi connectivity index (χ0v) is 16.3. The van der Waals surface area contributed by atoms with Crippen molar-refractivity contribution in [3.05, 3.63) is 97.1 Å². The van der Waals surface area contributed by atoms with Crippen LogP contribution in [0.3, 0.4) is 0 Å². The van der Waals surface area contributed by atoms with Gasteiger partial charge in [-0.1, -0.05) is 12.1 Å². The monoisotopic (exact) mass is 405 g/mol. The molecule has 0 aliphatic rings. The highest BCUT2D eigenvalue weighted by Crippen LogP contribution is 2.26. The van der Waals surface area contributed by atoms with Crippen molar-refractivity contribution in [3.8, 4) is 5.69 Å². The van der Waals surface area contributed by atoms with E-state index >= 15 is 0 Å². The third kappa shape index (κ3) is 3.97. The predicted molar refractivity (Wildman–Crippen MR) is 112 cm³/mol. The Morgan fingerprint density at radius 1 is 0.931 bits per heavy atom. The lowest BCUT2D eigenvalue weighted by atomic mass is 10.2. The van der Waals surface area contributed by atoms with Crippen molar-refractivity contribution in [2.45, 2.75) is 11.4 Å². The minimum Gasteiger partial charge on any atom is -0.399 e. The molecule has 0 atom stereocenters. The highest BCUT2D eigenvalue weighted by Gasteiger charge is 2.25. The Morgan fingerprint density at radius 3 is 2.31 bits per heavy atom. The molecule has 0 unspecified atom stereocenters. The minimum absolute atomic E-state index is 0.164. The van der Waals surface area contributed by atoms with Gasteiger partial charge >= 0.3 is 0 Å². The molecule has 4 rings (SSSR count). The van der Waals surface area contributed by atoms with Gasteiger partial charge in [-0.15, -0.1) is 0 Å². The fourth-order valence-corrected chi connectivity index (χ4v) is 4.36. The Hall–Kier alpha value is -3.65. The van der Waals surface area contributed by atoms with E-state index in [0.717, 1.165) is 11.3 Å². The van der Waals surface area contributed by atoms with Crippen LogP contribution in [0.25, 0.3) is 5.69 Å². The summed E-state index contributed by atoms with van der Waals surface area (Å²) in [5.74, 6) is 0. The average molecular weight is 405 g/mol. The van der Waals surface area contributed by atoms with Crippen molar-refractivity contribution in [2.75, 3.05) is 10.0 Å². The molecule has 2 aromatic carbocycles. The number of hydrogen-bond donors (Lipinski definition) is 1. The quantitative estimate of drug-likeness (QED) is 0.497. The molecule has 0 amide bonds. The summed E-state index contributed by atoms with van der Waals surface area (Å²) < 4.78 is 29.8. The zero-order chi connectivity index (χ0) is 20.3. The van der Waals surface area contributed by atoms with Crippen LogP contribution in [0.5, 0.6) is 0 Å². The van der Waals surface area contributed by atoms with Crippen LogP contribution >= 0.6 is 0 Å². The van der Waals surface area contributed by atoms with Crippen LogP contribution in [0.2, 0.25) is 0 Å². The van der Waals surface area contributed by atoms with Crippen molar-refractivity contribution in [1.29, 1.82) is 0 Å². The second-order valence-electron chi connectivity index (χ2n) is 6.41. The molecular weight excluding hydrogens is 386 g/mol. The lowest BCUT2D eigenvalue weighted by Crippen LogP contribution is -2.30. The fourth-order valence-electron chi connectivity index (χ4n) is 2.92. The van der Waals surface area contributed by atoms with Gasteiger partial charge in [-0.2, -0.15) is 5.10 Å². The molecule has 0 spiro atoms. The molecule has 0 radical (unpaired) electrons. The number of pyridine rings is 1. The first kappa shape index (κ1) is 18.7. The van der Waals surface area contributed by atoms with Gasteiger partial charge in [-0.05, 0) is 60.2 Å². The Bertz CT molecular complexity index is 1170. The van der Waals surface area contributed by atoms with Gasteiger partial charge in [-0.25, -0.2) is 13.1 Å². The van der Waals surface area contributed by atoms with Crippen molar-refractivity contribution < 1.29 is 8.42 Å². The molecule has 0 aliphatic carbocycles. The molecule has 0 saturated heterocycles. The molecule has 0 fully saturated rings. The molecule has 2 N–H and O–H groups in total. The van der Waals surface area contributed by atoms with Gasteiger partial charge in [0.15, 0.2) is 0 Å². The molecular formula is C21H19N5O2S. The predicted octanol–water partition coefficient (Wildman–Crippen LogP) is 3.25. The maximum absolute atomic E-state index is 13.3. The number of nitrogen functional groups attached to an aromatic ring is 1. The molecule has 2 heterocycles. The second kappa shape index (κ2) is 7.76. The second-order valence-corrected chi connectivity index (χ2v) is 8.27. The van der Waals surface area contributed by atoms with Gasteiger partial charge in [0.1, 0.15) is 0 Å². The standard InChI is InChI=1S/C21H19N5O2S/c22-18-6-10-21(11-7-18)29(27,28)26(20-3-1-12-23-15-20)16-17-4-8-19(9-5-17)25-14-2-13-24-25/h1-15H,16,22H2. The van der Waals surface area contributed by atoms with Crippen molar-refractivity contribution >= 4 is 21.4 Å². The lowest BCUT2D eigenvalue weighted by molar-refractivity contribution is 0.590. The Balaban J connectivity index is 1.69. The number of nitrogens with zero attached hydrogens (tertiary/aromatic N) is 4. The molecule has 2 aromatic heterocycles. The molecule has 29 heavy (non-hydrogen) atoms. The first-order valence-corrected chi connectivity index (χ1v) is 10.4. The lowest BCUT2D eigenvalue weighted by Gasteiger charge is -2.24. The SMILES string of the molecule is Nc1ccc(S(=O)(=O)N(Cc2ccc(-n3cccn3)cc2)c2cccnc2)cc1. The van der Waals surface area contributed by atoms with E-state index in [0.29, 0.717) is 11.4 Å². The number of sulfonamides is 1. The Kier molecular flexibility index (Phi) is 5.01. The Labute approximate surface area is 169 Å². The number of anilines is 2. The van der Waals surface area contributed by atoms with E-state index in [1.165, 1.54) is 22.6 Å². The highest BCUT2D eigenvalue weighted by molar-refractivity contribution is 7.92. The summed E-state index contributed by atoms with van der Waals surface area (Å²) in [6.07, 6.45) is 6.70. The number of benzene rings is 2. The Morgan fingerprint density at radius 2 is 1.69 bits per heavy atom. The van der Waals surface area contributed by atoms with Gasteiger partial charge in [0.05, 0.1) is 29.0 Å². The van der Waals surface area contributed by atoms with Gasteiger partial charge < -0.3 is 5.73 Å². The molecule has 146 valence electrons. The van der Waals surface area contributed by atoms with E-state index < -0.39 is 10.0 Å². The summed E-state index contributed by atoms with van der Waals surface area (Å²) in [5, 5.41) is 4.20. The maximum Gasteiger partial charge on any atom is 0.264 e. The summed E-state index contributed by atoms with van der Waals surface area (Å²) in [6, 6.07) is 19.0. The summed E-state index contributed by atoms with van der Waals surface area (Å²) in [5.41, 5.74) is 8.43. The van der Waals surface area contributed by atoms with Gasteiger partial charge in [0, 0.05) is 24.3 Å². The van der Waals surface area contributed by atoms with Gasteiger partial charge in [-0.3, -0.25) is 9.29 Å². The number of hydrogen-bond acceptors (Lipinski definition) is 5. The summed E-state index contributed by atoms with van der Waals surface area (Å²) in [6.45, 7) is 0.164. The van der Waals surface area contributed by atoms with E-state index in [-0.39, 0.29) is 11.4 Å². The fraction of sp³-hybridized carbons (Fsp3) is 0.0476. The van der Waals surface area contributed by atoms with Crippen LogP contribution < -0.4 is 10.0 Å². The number of rotatable bonds is 6. The molecule has 0 saturated carbocycles. The number of nitrogens with two attached hydrogens (primary N) is 1. The maximum atomic E-state index is 13.3. The van der Waals surface area contributed by atoms with E-state index in [9.17, 15) is 8.42 Å². The van der Waals surface area contributed by atoms with E-state index in [2.05, 4.69) is 10.1 Å². The summed E-state index contributed by atoms with van der Waals surface area (Å²) >= 11 is 0. The van der Waals surface area contributed by atoms with E-state index in [1.54, 1.807) is 41.3 Å². The van der Waals surface area contributed by atoms with Crippen molar-refractivity contribution in [3.63, 3.8) is 0 Å². The molecule has 7 nitrogen and oxygen atoms in total. The normalized spacial score (nSPS) is 11.3.